The molecule has 2 rings (SSSR count). The average molecular weight is 286 g/mol. The van der Waals surface area contributed by atoms with E-state index in [1.54, 1.807) is 6.07 Å². The average Bonchev–Trinajstić information content (AvgIpc) is 2.48. The molecule has 3 heteroatoms. The fraction of sp³-hybridized carbons (Fsp3) is 0.333. The zero-order chi connectivity index (χ0) is 15.2. The maximum absolute atomic E-state index is 14.4. The van der Waals surface area contributed by atoms with E-state index in [0.29, 0.717) is 12.2 Å². The molecule has 0 aliphatic carbocycles. The normalized spacial score (nSPS) is 10.7. The van der Waals surface area contributed by atoms with E-state index in [4.69, 9.17) is 0 Å². The van der Waals surface area contributed by atoms with Crippen LogP contribution < -0.4 is 10.2 Å². The third kappa shape index (κ3) is 3.82. The highest BCUT2D eigenvalue weighted by Crippen LogP contribution is 2.28. The molecular weight excluding hydrogens is 263 g/mol. The van der Waals surface area contributed by atoms with Gasteiger partial charge >= 0.3 is 0 Å². The molecule has 2 aromatic carbocycles. The summed E-state index contributed by atoms with van der Waals surface area (Å²) in [5.41, 5.74) is 3.80. The van der Waals surface area contributed by atoms with Crippen molar-refractivity contribution in [3.8, 4) is 0 Å². The lowest BCUT2D eigenvalue weighted by Crippen LogP contribution is -2.18. The summed E-state index contributed by atoms with van der Waals surface area (Å²) in [5.74, 6) is -0.172. The number of hydrogen-bond acceptors (Lipinski definition) is 2. The van der Waals surface area contributed by atoms with Gasteiger partial charge in [-0.3, -0.25) is 0 Å². The maximum Gasteiger partial charge on any atom is 0.147 e. The largest absolute Gasteiger partial charge is 0.339 e. The van der Waals surface area contributed by atoms with Crippen molar-refractivity contribution < 1.29 is 4.39 Å². The lowest BCUT2D eigenvalue weighted by Gasteiger charge is -2.24. The molecule has 112 valence electrons. The number of nitrogens with one attached hydrogen (secondary N) is 1. The van der Waals surface area contributed by atoms with Gasteiger partial charge in [0.25, 0.3) is 0 Å². The first-order chi connectivity index (χ1) is 10.2. The van der Waals surface area contributed by atoms with E-state index in [1.165, 1.54) is 5.56 Å². The van der Waals surface area contributed by atoms with E-state index >= 15 is 0 Å². The quantitative estimate of drug-likeness (QED) is 0.846. The molecule has 0 aliphatic heterocycles. The number of anilines is 2. The summed E-state index contributed by atoms with van der Waals surface area (Å²) >= 11 is 0. The highest BCUT2D eigenvalue weighted by molar-refractivity contribution is 5.64. The van der Waals surface area contributed by atoms with E-state index in [2.05, 4.69) is 11.4 Å². The van der Waals surface area contributed by atoms with Gasteiger partial charge in [-0.25, -0.2) is 4.39 Å². The van der Waals surface area contributed by atoms with Crippen LogP contribution in [0.2, 0.25) is 0 Å². The molecule has 0 heterocycles. The van der Waals surface area contributed by atoms with E-state index in [9.17, 15) is 4.39 Å². The second kappa shape index (κ2) is 7.23. The van der Waals surface area contributed by atoms with Gasteiger partial charge in [0, 0.05) is 18.8 Å². The Morgan fingerprint density at radius 1 is 1.10 bits per heavy atom. The highest BCUT2D eigenvalue weighted by Gasteiger charge is 2.12. The minimum atomic E-state index is -0.172. The molecule has 0 saturated heterocycles. The van der Waals surface area contributed by atoms with Crippen LogP contribution in [0.15, 0.2) is 42.5 Å². The van der Waals surface area contributed by atoms with Crippen molar-refractivity contribution in [1.29, 1.82) is 0 Å². The predicted molar refractivity (Wildman–Crippen MR) is 87.6 cm³/mol. The number of aryl methyl sites for hydroxylation is 1. The van der Waals surface area contributed by atoms with Crippen molar-refractivity contribution in [3.63, 3.8) is 0 Å². The van der Waals surface area contributed by atoms with Gasteiger partial charge in [0.05, 0.1) is 5.69 Å². The van der Waals surface area contributed by atoms with Crippen LogP contribution in [0.3, 0.4) is 0 Å². The Morgan fingerprint density at radius 3 is 2.52 bits per heavy atom. The zero-order valence-electron chi connectivity index (χ0n) is 13.0. The molecule has 0 radical (unpaired) electrons. The Balaban J connectivity index is 2.30. The van der Waals surface area contributed by atoms with E-state index in [0.717, 1.165) is 24.3 Å². The van der Waals surface area contributed by atoms with Crippen molar-refractivity contribution in [2.45, 2.75) is 27.3 Å². The number of halogens is 1. The van der Waals surface area contributed by atoms with Crippen molar-refractivity contribution in [1.82, 2.24) is 5.32 Å². The molecule has 0 atom stereocenters. The van der Waals surface area contributed by atoms with Gasteiger partial charge in [-0.15, -0.1) is 0 Å². The molecule has 1 N–H and O–H groups in total. The molecule has 2 aromatic rings. The summed E-state index contributed by atoms with van der Waals surface area (Å²) in [5, 5.41) is 3.21. The van der Waals surface area contributed by atoms with Crippen LogP contribution in [0.1, 0.15) is 25.0 Å². The Kier molecular flexibility index (Phi) is 5.34. The summed E-state index contributed by atoms with van der Waals surface area (Å²) in [6.45, 7) is 8.44. The summed E-state index contributed by atoms with van der Waals surface area (Å²) in [6.07, 6.45) is 0. The van der Waals surface area contributed by atoms with Crippen LogP contribution in [0.25, 0.3) is 0 Å². The SMILES string of the molecule is CCNCc1ccc(N(CC)c2cccc(C)c2)c(F)c1. The monoisotopic (exact) mass is 286 g/mol. The van der Waals surface area contributed by atoms with Crippen LogP contribution in [-0.4, -0.2) is 13.1 Å². The standard InChI is InChI=1S/C18H23FN2/c1-4-20-13-15-9-10-18(17(19)12-15)21(5-2)16-8-6-7-14(3)11-16/h6-12,20H,4-5,13H2,1-3H3. The first-order valence-corrected chi connectivity index (χ1v) is 7.49. The first-order valence-electron chi connectivity index (χ1n) is 7.49. The molecule has 0 bridgehead atoms. The van der Waals surface area contributed by atoms with Crippen molar-refractivity contribution in [2.75, 3.05) is 18.0 Å². The molecule has 21 heavy (non-hydrogen) atoms. The second-order valence-corrected chi connectivity index (χ2v) is 5.15. The number of benzene rings is 2. The Morgan fingerprint density at radius 2 is 1.90 bits per heavy atom. The molecule has 0 unspecified atom stereocenters. The maximum atomic E-state index is 14.4. The minimum Gasteiger partial charge on any atom is -0.339 e. The number of nitrogens with zero attached hydrogens (tertiary/aromatic N) is 1. The highest BCUT2D eigenvalue weighted by atomic mass is 19.1. The molecule has 0 aromatic heterocycles. The van der Waals surface area contributed by atoms with Crippen LogP contribution >= 0.6 is 0 Å². The lowest BCUT2D eigenvalue weighted by molar-refractivity contribution is 0.620. The summed E-state index contributed by atoms with van der Waals surface area (Å²) in [4.78, 5) is 2.00. The Bertz CT molecular complexity index is 596. The van der Waals surface area contributed by atoms with Crippen molar-refractivity contribution in [3.05, 3.63) is 59.4 Å². The second-order valence-electron chi connectivity index (χ2n) is 5.15. The minimum absolute atomic E-state index is 0.172. The van der Waals surface area contributed by atoms with Crippen molar-refractivity contribution >= 4 is 11.4 Å². The third-order valence-electron chi connectivity index (χ3n) is 3.51. The summed E-state index contributed by atoms with van der Waals surface area (Å²) in [6, 6.07) is 13.6. The zero-order valence-corrected chi connectivity index (χ0v) is 13.0. The van der Waals surface area contributed by atoms with Gasteiger partial charge < -0.3 is 10.2 Å². The Hall–Kier alpha value is -1.87. The summed E-state index contributed by atoms with van der Waals surface area (Å²) < 4.78 is 14.4. The Labute approximate surface area is 126 Å². The van der Waals surface area contributed by atoms with E-state index in [1.807, 2.05) is 56.0 Å². The molecule has 0 amide bonds. The van der Waals surface area contributed by atoms with Gasteiger partial charge in [0.15, 0.2) is 0 Å². The van der Waals surface area contributed by atoms with Gasteiger partial charge in [-0.1, -0.05) is 25.1 Å². The van der Waals surface area contributed by atoms with Crippen LogP contribution in [0.5, 0.6) is 0 Å². The van der Waals surface area contributed by atoms with Crippen LogP contribution in [0.4, 0.5) is 15.8 Å². The number of rotatable bonds is 6. The van der Waals surface area contributed by atoms with E-state index < -0.39 is 0 Å². The molecule has 0 saturated carbocycles. The molecule has 0 spiro atoms. The van der Waals surface area contributed by atoms with Gasteiger partial charge in [0.1, 0.15) is 5.82 Å². The molecule has 0 aliphatic rings. The fourth-order valence-electron chi connectivity index (χ4n) is 2.44. The smallest absolute Gasteiger partial charge is 0.147 e. The van der Waals surface area contributed by atoms with Gasteiger partial charge in [0.2, 0.25) is 0 Å². The third-order valence-corrected chi connectivity index (χ3v) is 3.51. The predicted octanol–water partition coefficient (Wildman–Crippen LogP) is 4.40. The van der Waals surface area contributed by atoms with Crippen LogP contribution in [0, 0.1) is 12.7 Å². The first kappa shape index (κ1) is 15.5. The molecule has 2 nitrogen and oxygen atoms in total. The fourth-order valence-corrected chi connectivity index (χ4v) is 2.44. The van der Waals surface area contributed by atoms with Gasteiger partial charge in [-0.2, -0.15) is 0 Å². The van der Waals surface area contributed by atoms with Gasteiger partial charge in [-0.05, 0) is 55.8 Å². The van der Waals surface area contributed by atoms with E-state index in [-0.39, 0.29) is 5.82 Å². The summed E-state index contributed by atoms with van der Waals surface area (Å²) in [7, 11) is 0. The molecule has 0 fully saturated rings. The topological polar surface area (TPSA) is 15.3 Å². The van der Waals surface area contributed by atoms with Crippen molar-refractivity contribution in [2.24, 2.45) is 0 Å². The van der Waals surface area contributed by atoms with Crippen LogP contribution in [-0.2, 0) is 6.54 Å². The molecular formula is C18H23FN2. The number of hydrogen-bond donors (Lipinski definition) is 1. The lowest BCUT2D eigenvalue weighted by atomic mass is 10.1.